The number of nitrogens with zero attached hydrogens (tertiary/aromatic N) is 1. The van der Waals surface area contributed by atoms with Gasteiger partial charge in [-0.15, -0.1) is 0 Å². The molecule has 6 nitrogen and oxygen atoms in total. The average molecular weight is 381 g/mol. The zero-order valence-corrected chi connectivity index (χ0v) is 15.8. The van der Waals surface area contributed by atoms with Gasteiger partial charge in [-0.05, 0) is 64.9 Å². The number of rotatable bonds is 4. The van der Waals surface area contributed by atoms with E-state index in [4.69, 9.17) is 0 Å². The van der Waals surface area contributed by atoms with Crippen LogP contribution < -0.4 is 10.6 Å². The minimum atomic E-state index is -0.729. The Morgan fingerprint density at radius 1 is 1.15 bits per heavy atom. The number of amides is 3. The van der Waals surface area contributed by atoms with Crippen molar-refractivity contribution < 1.29 is 23.2 Å². The van der Waals surface area contributed by atoms with Gasteiger partial charge in [0.1, 0.15) is 11.6 Å². The summed E-state index contributed by atoms with van der Waals surface area (Å²) in [5.41, 5.74) is -0.681. The van der Waals surface area contributed by atoms with Gasteiger partial charge in [0.05, 0.1) is 12.1 Å². The van der Waals surface area contributed by atoms with Crippen LogP contribution in [0.4, 0.5) is 13.6 Å². The van der Waals surface area contributed by atoms with Crippen molar-refractivity contribution in [2.45, 2.75) is 39.2 Å². The molecule has 1 aliphatic rings. The summed E-state index contributed by atoms with van der Waals surface area (Å²) in [6, 6.07) is 2.29. The molecule has 27 heavy (non-hydrogen) atoms. The lowest BCUT2D eigenvalue weighted by atomic mass is 9.88. The van der Waals surface area contributed by atoms with Gasteiger partial charge >= 0.3 is 6.03 Å². The highest BCUT2D eigenvalue weighted by Crippen LogP contribution is 2.23. The maximum atomic E-state index is 13.8. The first-order chi connectivity index (χ1) is 12.5. The summed E-state index contributed by atoms with van der Waals surface area (Å²) in [7, 11) is 0. The molecule has 0 unspecified atom stereocenters. The van der Waals surface area contributed by atoms with Crippen molar-refractivity contribution in [1.29, 1.82) is 0 Å². The quantitative estimate of drug-likeness (QED) is 0.786. The van der Waals surface area contributed by atoms with Crippen molar-refractivity contribution in [3.05, 3.63) is 35.4 Å². The monoisotopic (exact) mass is 381 g/mol. The summed E-state index contributed by atoms with van der Waals surface area (Å²) in [4.78, 5) is 37.9. The Bertz CT molecular complexity index is 723. The van der Waals surface area contributed by atoms with Crippen molar-refractivity contribution in [1.82, 2.24) is 15.5 Å². The molecule has 1 aliphatic heterocycles. The average Bonchev–Trinajstić information content (AvgIpc) is 2.55. The number of hydrogen-bond donors (Lipinski definition) is 2. The van der Waals surface area contributed by atoms with Gasteiger partial charge < -0.3 is 5.32 Å². The second-order valence-corrected chi connectivity index (χ2v) is 7.79. The van der Waals surface area contributed by atoms with Crippen molar-refractivity contribution in [3.63, 3.8) is 0 Å². The SMILES string of the molecule is CC(C)(C)NC(=O)NC(=O)CN1CCC(C(=O)c2cc(F)ccc2F)CC1. The molecule has 0 saturated carbocycles. The van der Waals surface area contributed by atoms with Crippen molar-refractivity contribution in [2.24, 2.45) is 5.92 Å². The summed E-state index contributed by atoms with van der Waals surface area (Å²) in [5.74, 6) is -2.64. The van der Waals surface area contributed by atoms with Crippen molar-refractivity contribution >= 4 is 17.7 Å². The first-order valence-electron chi connectivity index (χ1n) is 8.89. The van der Waals surface area contributed by atoms with Crippen LogP contribution in [-0.4, -0.2) is 47.8 Å². The van der Waals surface area contributed by atoms with Crippen molar-refractivity contribution in [3.8, 4) is 0 Å². The van der Waals surface area contributed by atoms with E-state index in [1.807, 2.05) is 4.90 Å². The fourth-order valence-corrected chi connectivity index (χ4v) is 3.00. The Morgan fingerprint density at radius 2 is 1.78 bits per heavy atom. The van der Waals surface area contributed by atoms with E-state index in [0.717, 1.165) is 18.2 Å². The molecule has 1 aromatic carbocycles. The predicted molar refractivity (Wildman–Crippen MR) is 96.3 cm³/mol. The van der Waals surface area contributed by atoms with Crippen LogP contribution in [0.3, 0.4) is 0 Å². The van der Waals surface area contributed by atoms with Gasteiger partial charge in [0, 0.05) is 11.5 Å². The number of nitrogens with one attached hydrogen (secondary N) is 2. The van der Waals surface area contributed by atoms with Crippen LogP contribution in [0.15, 0.2) is 18.2 Å². The Hall–Kier alpha value is -2.35. The third-order valence-corrected chi connectivity index (χ3v) is 4.26. The number of carbonyl (C=O) groups excluding carboxylic acids is 3. The van der Waals surface area contributed by atoms with Crippen LogP contribution in [-0.2, 0) is 4.79 Å². The number of urea groups is 1. The number of benzene rings is 1. The topological polar surface area (TPSA) is 78.5 Å². The van der Waals surface area contributed by atoms with Crippen LogP contribution in [0.25, 0.3) is 0 Å². The number of ketones is 1. The minimum Gasteiger partial charge on any atom is -0.333 e. The van der Waals surface area contributed by atoms with E-state index < -0.39 is 40.8 Å². The normalized spacial score (nSPS) is 16.0. The van der Waals surface area contributed by atoms with Gasteiger partial charge in [0.15, 0.2) is 5.78 Å². The summed E-state index contributed by atoms with van der Waals surface area (Å²) in [6.45, 7) is 6.37. The van der Waals surface area contributed by atoms with Gasteiger partial charge in [-0.25, -0.2) is 13.6 Å². The molecule has 0 radical (unpaired) electrons. The summed E-state index contributed by atoms with van der Waals surface area (Å²) < 4.78 is 27.1. The highest BCUT2D eigenvalue weighted by Gasteiger charge is 2.28. The molecule has 0 spiro atoms. The molecule has 148 valence electrons. The largest absolute Gasteiger partial charge is 0.333 e. The molecule has 1 aromatic rings. The van der Waals surface area contributed by atoms with E-state index >= 15 is 0 Å². The molecule has 2 rings (SSSR count). The third-order valence-electron chi connectivity index (χ3n) is 4.26. The number of likely N-dealkylation sites (tertiary alicyclic amines) is 1. The molecule has 0 aliphatic carbocycles. The molecule has 0 atom stereocenters. The molecule has 1 saturated heterocycles. The fourth-order valence-electron chi connectivity index (χ4n) is 3.00. The van der Waals surface area contributed by atoms with E-state index in [1.165, 1.54) is 0 Å². The minimum absolute atomic E-state index is 0.0345. The van der Waals surface area contributed by atoms with Crippen LogP contribution in [0.5, 0.6) is 0 Å². The lowest BCUT2D eigenvalue weighted by molar-refractivity contribution is -0.121. The Balaban J connectivity index is 1.83. The number of carbonyl (C=O) groups is 3. The molecule has 1 heterocycles. The molecule has 1 fully saturated rings. The summed E-state index contributed by atoms with van der Waals surface area (Å²) in [6.07, 6.45) is 0.881. The van der Waals surface area contributed by atoms with E-state index in [9.17, 15) is 23.2 Å². The second-order valence-electron chi connectivity index (χ2n) is 7.79. The summed E-state index contributed by atoms with van der Waals surface area (Å²) in [5, 5.41) is 4.91. The van der Waals surface area contributed by atoms with E-state index in [1.54, 1.807) is 20.8 Å². The second kappa shape index (κ2) is 8.56. The van der Waals surface area contributed by atoms with Gasteiger partial charge in [-0.3, -0.25) is 19.8 Å². The maximum absolute atomic E-state index is 13.8. The fraction of sp³-hybridized carbons (Fsp3) is 0.526. The lowest BCUT2D eigenvalue weighted by Gasteiger charge is -2.30. The number of halogens is 2. The zero-order chi connectivity index (χ0) is 20.2. The highest BCUT2D eigenvalue weighted by atomic mass is 19.1. The Morgan fingerprint density at radius 3 is 2.37 bits per heavy atom. The smallest absolute Gasteiger partial charge is 0.321 e. The maximum Gasteiger partial charge on any atom is 0.321 e. The zero-order valence-electron chi connectivity index (χ0n) is 15.8. The van der Waals surface area contributed by atoms with Gasteiger partial charge in [-0.2, -0.15) is 0 Å². The number of Topliss-reactive ketones (excluding diaryl/α,β-unsaturated/α-hetero) is 1. The van der Waals surface area contributed by atoms with Crippen LogP contribution in [0.2, 0.25) is 0 Å². The predicted octanol–water partition coefficient (Wildman–Crippen LogP) is 2.48. The van der Waals surface area contributed by atoms with Crippen LogP contribution >= 0.6 is 0 Å². The van der Waals surface area contributed by atoms with E-state index in [2.05, 4.69) is 10.6 Å². The Labute approximate surface area is 157 Å². The number of imide groups is 1. The van der Waals surface area contributed by atoms with Crippen LogP contribution in [0, 0.1) is 17.6 Å². The lowest BCUT2D eigenvalue weighted by Crippen LogP contribution is -2.51. The van der Waals surface area contributed by atoms with Gasteiger partial charge in [0.2, 0.25) is 5.91 Å². The highest BCUT2D eigenvalue weighted by molar-refractivity contribution is 5.98. The van der Waals surface area contributed by atoms with Gasteiger partial charge in [-0.1, -0.05) is 0 Å². The van der Waals surface area contributed by atoms with Crippen LogP contribution in [0.1, 0.15) is 44.0 Å². The molecule has 0 bridgehead atoms. The molecule has 0 aromatic heterocycles. The standard InChI is InChI=1S/C19H25F2N3O3/c1-19(2,3)23-18(27)22-16(25)11-24-8-6-12(7-9-24)17(26)14-10-13(20)4-5-15(14)21/h4-5,10,12H,6-9,11H2,1-3H3,(H2,22,23,25,27). The van der Waals surface area contributed by atoms with E-state index in [0.29, 0.717) is 25.9 Å². The molecular formula is C19H25F2N3O3. The molecule has 3 amide bonds. The van der Waals surface area contributed by atoms with Gasteiger partial charge in [0.25, 0.3) is 0 Å². The third kappa shape index (κ3) is 6.39. The van der Waals surface area contributed by atoms with E-state index in [-0.39, 0.29) is 12.1 Å². The first kappa shape index (κ1) is 21.0. The number of hydrogen-bond acceptors (Lipinski definition) is 4. The van der Waals surface area contributed by atoms with Crippen molar-refractivity contribution in [2.75, 3.05) is 19.6 Å². The number of piperidine rings is 1. The summed E-state index contributed by atoms with van der Waals surface area (Å²) >= 11 is 0. The molecule has 2 N–H and O–H groups in total. The first-order valence-corrected chi connectivity index (χ1v) is 8.89. The molecular weight excluding hydrogens is 356 g/mol. The molecule has 8 heteroatoms. The Kier molecular flexibility index (Phi) is 6.64.